The number of ether oxygens (including phenoxy) is 2. The lowest BCUT2D eigenvalue weighted by Gasteiger charge is -2.20. The molecule has 0 aliphatic carbocycles. The predicted molar refractivity (Wildman–Crippen MR) is 112 cm³/mol. The van der Waals surface area contributed by atoms with E-state index in [4.69, 9.17) is 9.47 Å². The maximum absolute atomic E-state index is 11.5. The van der Waals surface area contributed by atoms with Gasteiger partial charge in [0.25, 0.3) is 0 Å². The highest BCUT2D eigenvalue weighted by Crippen LogP contribution is 2.21. The Bertz CT molecular complexity index is 591. The lowest BCUT2D eigenvalue weighted by Crippen LogP contribution is -2.28. The Hall–Kier alpha value is -2.12. The number of carbonyl (C=O) groups is 4. The van der Waals surface area contributed by atoms with Crippen LogP contribution in [0.25, 0.3) is 0 Å². The second kappa shape index (κ2) is 10.3. The van der Waals surface area contributed by atoms with Gasteiger partial charge in [-0.1, -0.05) is 0 Å². The van der Waals surface area contributed by atoms with Crippen LogP contribution in [0.4, 0.5) is 0 Å². The molecule has 30 heavy (non-hydrogen) atoms. The molecule has 4 atom stereocenters. The Morgan fingerprint density at radius 2 is 1.07 bits per heavy atom. The molecule has 0 aromatic rings. The first kappa shape index (κ1) is 25.9. The summed E-state index contributed by atoms with van der Waals surface area (Å²) in [5.41, 5.74) is -0.949. The van der Waals surface area contributed by atoms with Crippen molar-refractivity contribution in [3.8, 4) is 0 Å². The minimum Gasteiger partial charge on any atom is -0.460 e. The van der Waals surface area contributed by atoms with Crippen LogP contribution in [0.2, 0.25) is 0 Å². The fourth-order valence-corrected chi connectivity index (χ4v) is 3.43. The third-order valence-electron chi connectivity index (χ3n) is 4.46. The van der Waals surface area contributed by atoms with Gasteiger partial charge in [0, 0.05) is 12.1 Å². The monoisotopic (exact) mass is 426 g/mol. The SMILES string of the molecule is C[C@@H]1C[C@@H](CC(=O)OC(C)(C)C)C(=O)N1.C[C@@H]1C[C@H](CC(=O)OC(C)(C)C)C(=O)N1. The van der Waals surface area contributed by atoms with E-state index in [-0.39, 0.29) is 60.5 Å². The zero-order chi connectivity index (χ0) is 23.3. The first-order valence-electron chi connectivity index (χ1n) is 10.6. The van der Waals surface area contributed by atoms with Crippen LogP contribution in [0.5, 0.6) is 0 Å². The van der Waals surface area contributed by atoms with Gasteiger partial charge in [0.05, 0.1) is 24.7 Å². The molecule has 2 amide bonds. The van der Waals surface area contributed by atoms with E-state index < -0.39 is 11.2 Å². The molecule has 0 saturated carbocycles. The fraction of sp³-hybridized carbons (Fsp3) is 0.818. The molecule has 0 radical (unpaired) electrons. The second-order valence-corrected chi connectivity index (χ2v) is 10.3. The van der Waals surface area contributed by atoms with Gasteiger partial charge in [0.2, 0.25) is 11.8 Å². The number of nitrogens with one attached hydrogen (secondary N) is 2. The van der Waals surface area contributed by atoms with E-state index in [0.717, 1.165) is 12.8 Å². The number of carbonyl (C=O) groups excluding carboxylic acids is 4. The van der Waals surface area contributed by atoms with Crippen LogP contribution in [-0.4, -0.2) is 47.0 Å². The topological polar surface area (TPSA) is 111 Å². The van der Waals surface area contributed by atoms with Gasteiger partial charge in [0.15, 0.2) is 0 Å². The van der Waals surface area contributed by atoms with Crippen molar-refractivity contribution in [1.29, 1.82) is 0 Å². The first-order chi connectivity index (χ1) is 13.6. The summed E-state index contributed by atoms with van der Waals surface area (Å²) in [5.74, 6) is -1.08. The molecule has 2 heterocycles. The van der Waals surface area contributed by atoms with Gasteiger partial charge in [-0.15, -0.1) is 0 Å². The van der Waals surface area contributed by atoms with Gasteiger partial charge in [-0.2, -0.15) is 0 Å². The molecular weight excluding hydrogens is 388 g/mol. The van der Waals surface area contributed by atoms with Gasteiger partial charge in [-0.3, -0.25) is 19.2 Å². The maximum atomic E-state index is 11.5. The Labute approximate surface area is 179 Å². The Morgan fingerprint density at radius 1 is 0.767 bits per heavy atom. The van der Waals surface area contributed by atoms with E-state index in [2.05, 4.69) is 10.6 Å². The minimum atomic E-state index is -0.474. The van der Waals surface area contributed by atoms with E-state index in [1.54, 1.807) is 0 Å². The minimum absolute atomic E-state index is 0.0339. The Balaban J connectivity index is 0.000000300. The first-order valence-corrected chi connectivity index (χ1v) is 10.6. The van der Waals surface area contributed by atoms with Crippen LogP contribution in [0.1, 0.15) is 81.1 Å². The van der Waals surface area contributed by atoms with Gasteiger partial charge < -0.3 is 20.1 Å². The van der Waals surface area contributed by atoms with E-state index in [1.165, 1.54) is 0 Å². The summed E-state index contributed by atoms with van der Waals surface area (Å²) in [7, 11) is 0. The van der Waals surface area contributed by atoms with Crippen molar-refractivity contribution < 1.29 is 28.7 Å². The molecule has 8 nitrogen and oxygen atoms in total. The van der Waals surface area contributed by atoms with Gasteiger partial charge in [0.1, 0.15) is 11.2 Å². The summed E-state index contributed by atoms with van der Waals surface area (Å²) >= 11 is 0. The highest BCUT2D eigenvalue weighted by atomic mass is 16.6. The van der Waals surface area contributed by atoms with Crippen molar-refractivity contribution in [2.24, 2.45) is 11.8 Å². The van der Waals surface area contributed by atoms with E-state index in [0.29, 0.717) is 0 Å². The predicted octanol–water partition coefficient (Wildman–Crippen LogP) is 2.49. The van der Waals surface area contributed by atoms with Crippen LogP contribution < -0.4 is 10.6 Å². The lowest BCUT2D eigenvalue weighted by molar-refractivity contribution is -0.157. The molecule has 0 bridgehead atoms. The van der Waals surface area contributed by atoms with E-state index in [9.17, 15) is 19.2 Å². The largest absolute Gasteiger partial charge is 0.460 e. The zero-order valence-electron chi connectivity index (χ0n) is 19.6. The van der Waals surface area contributed by atoms with Crippen molar-refractivity contribution >= 4 is 23.8 Å². The molecule has 172 valence electrons. The molecule has 2 rings (SSSR count). The molecule has 8 heteroatoms. The summed E-state index contributed by atoms with van der Waals surface area (Å²) in [6.07, 6.45) is 1.82. The maximum Gasteiger partial charge on any atom is 0.307 e. The van der Waals surface area contributed by atoms with Crippen LogP contribution in [0.3, 0.4) is 0 Å². The Morgan fingerprint density at radius 3 is 1.27 bits per heavy atom. The van der Waals surface area contributed by atoms with Gasteiger partial charge in [-0.25, -0.2) is 0 Å². The number of hydrogen-bond donors (Lipinski definition) is 2. The summed E-state index contributed by atoms with van der Waals surface area (Å²) < 4.78 is 10.3. The molecular formula is C22H38N2O6. The third-order valence-corrected chi connectivity index (χ3v) is 4.46. The molecule has 0 unspecified atom stereocenters. The average molecular weight is 427 g/mol. The van der Waals surface area contributed by atoms with Crippen molar-refractivity contribution in [2.45, 2.75) is 104 Å². The molecule has 2 aliphatic rings. The van der Waals surface area contributed by atoms with Crippen LogP contribution >= 0.6 is 0 Å². The molecule has 0 aromatic carbocycles. The fourth-order valence-electron chi connectivity index (χ4n) is 3.43. The highest BCUT2D eigenvalue weighted by Gasteiger charge is 2.33. The highest BCUT2D eigenvalue weighted by molar-refractivity contribution is 5.86. The number of esters is 2. The van der Waals surface area contributed by atoms with Crippen molar-refractivity contribution in [3.05, 3.63) is 0 Å². The van der Waals surface area contributed by atoms with Crippen LogP contribution in [0.15, 0.2) is 0 Å². The standard InChI is InChI=1S/2C11H19NO3/c2*1-7-5-8(10(14)12-7)6-9(13)15-11(2,3)4/h2*7-8H,5-6H2,1-4H3,(H,12,14)/t7-,8+;7-,8-/m11/s1. The van der Waals surface area contributed by atoms with Crippen molar-refractivity contribution in [3.63, 3.8) is 0 Å². The zero-order valence-corrected chi connectivity index (χ0v) is 19.6. The summed E-state index contributed by atoms with van der Waals surface area (Å²) in [6, 6.07) is 0.342. The quantitative estimate of drug-likeness (QED) is 0.668. The van der Waals surface area contributed by atoms with Crippen LogP contribution in [0, 0.1) is 11.8 Å². The molecule has 2 fully saturated rings. The van der Waals surface area contributed by atoms with E-state index >= 15 is 0 Å². The van der Waals surface area contributed by atoms with E-state index in [1.807, 2.05) is 55.4 Å². The normalized spacial score (nSPS) is 26.3. The summed E-state index contributed by atoms with van der Waals surface area (Å²) in [5, 5.41) is 5.58. The third kappa shape index (κ3) is 10.1. The summed E-state index contributed by atoms with van der Waals surface area (Å²) in [6.45, 7) is 14.8. The summed E-state index contributed by atoms with van der Waals surface area (Å²) in [4.78, 5) is 45.7. The smallest absolute Gasteiger partial charge is 0.307 e. The average Bonchev–Trinajstić information content (AvgIpc) is 2.96. The molecule has 2 aliphatic heterocycles. The number of hydrogen-bond acceptors (Lipinski definition) is 6. The molecule has 0 aromatic heterocycles. The lowest BCUT2D eigenvalue weighted by atomic mass is 10.0. The van der Waals surface area contributed by atoms with Gasteiger partial charge in [-0.05, 0) is 68.2 Å². The van der Waals surface area contributed by atoms with Gasteiger partial charge >= 0.3 is 11.9 Å². The number of amides is 2. The second-order valence-electron chi connectivity index (χ2n) is 10.3. The Kier molecular flexibility index (Phi) is 8.87. The number of rotatable bonds is 4. The van der Waals surface area contributed by atoms with Crippen molar-refractivity contribution in [1.82, 2.24) is 10.6 Å². The van der Waals surface area contributed by atoms with Crippen molar-refractivity contribution in [2.75, 3.05) is 0 Å². The molecule has 0 spiro atoms. The molecule has 2 N–H and O–H groups in total. The molecule has 2 saturated heterocycles. The van der Waals surface area contributed by atoms with Crippen LogP contribution in [-0.2, 0) is 28.7 Å².